The Morgan fingerprint density at radius 2 is 2.27 bits per heavy atom. The molecule has 3 nitrogen and oxygen atoms in total. The lowest BCUT2D eigenvalue weighted by Gasteiger charge is -2.34. The lowest BCUT2D eigenvalue weighted by Crippen LogP contribution is -3.20. The first-order chi connectivity index (χ1) is 5.38. The van der Waals surface area contributed by atoms with Crippen molar-refractivity contribution in [3.8, 4) is 0 Å². The first-order valence-corrected chi connectivity index (χ1v) is 4.50. The molecular weight excluding hydrogens is 140 g/mol. The molecule has 2 N–H and O–H groups in total. The predicted octanol–water partition coefficient (Wildman–Crippen LogP) is -1.45. The quantitative estimate of drug-likeness (QED) is 0.441. The van der Waals surface area contributed by atoms with Gasteiger partial charge < -0.3 is 10.2 Å². The van der Waals surface area contributed by atoms with Gasteiger partial charge >= 0.3 is 0 Å². The predicted molar refractivity (Wildman–Crippen MR) is 41.3 cm³/mol. The summed E-state index contributed by atoms with van der Waals surface area (Å²) in [6.07, 6.45) is 3.64. The summed E-state index contributed by atoms with van der Waals surface area (Å²) in [7, 11) is 0. The summed E-state index contributed by atoms with van der Waals surface area (Å²) in [6, 6.07) is 0.289. The van der Waals surface area contributed by atoms with Gasteiger partial charge in [-0.1, -0.05) is 0 Å². The number of piperidine rings is 1. The first-order valence-electron chi connectivity index (χ1n) is 4.50. The maximum atomic E-state index is 11.3. The molecule has 1 amide bonds. The van der Waals surface area contributed by atoms with E-state index in [9.17, 15) is 4.79 Å². The van der Waals surface area contributed by atoms with E-state index in [2.05, 4.69) is 5.32 Å². The molecule has 1 unspecified atom stereocenters. The average molecular weight is 155 g/mol. The summed E-state index contributed by atoms with van der Waals surface area (Å²) in [6.45, 7) is 3.22. The van der Waals surface area contributed by atoms with Crippen molar-refractivity contribution in [2.75, 3.05) is 19.6 Å². The molecule has 2 saturated heterocycles. The summed E-state index contributed by atoms with van der Waals surface area (Å²) < 4.78 is 0. The van der Waals surface area contributed by atoms with Crippen LogP contribution in [-0.2, 0) is 4.79 Å². The normalized spacial score (nSPS) is 37.6. The molecule has 2 atom stereocenters. The van der Waals surface area contributed by atoms with E-state index in [1.807, 2.05) is 0 Å². The van der Waals surface area contributed by atoms with Crippen molar-refractivity contribution in [3.63, 3.8) is 0 Å². The third-order valence-electron chi connectivity index (χ3n) is 2.80. The highest BCUT2D eigenvalue weighted by Gasteiger charge is 2.34. The Labute approximate surface area is 66.8 Å². The van der Waals surface area contributed by atoms with Gasteiger partial charge in [-0.2, -0.15) is 0 Å². The van der Waals surface area contributed by atoms with E-state index in [0.29, 0.717) is 0 Å². The topological polar surface area (TPSA) is 33.5 Å². The Balaban J connectivity index is 2.05. The van der Waals surface area contributed by atoms with Gasteiger partial charge in [-0.15, -0.1) is 0 Å². The second-order valence-electron chi connectivity index (χ2n) is 3.50. The van der Waals surface area contributed by atoms with Crippen molar-refractivity contribution in [3.05, 3.63) is 0 Å². The molecule has 0 saturated carbocycles. The second kappa shape index (κ2) is 2.81. The number of hydrogen-bond acceptors (Lipinski definition) is 1. The number of rotatable bonds is 0. The van der Waals surface area contributed by atoms with Gasteiger partial charge in [-0.25, -0.2) is 0 Å². The number of carbonyl (C=O) groups excluding carboxylic acids is 1. The minimum absolute atomic E-state index is 0.283. The van der Waals surface area contributed by atoms with Crippen molar-refractivity contribution < 1.29 is 9.69 Å². The molecule has 3 heteroatoms. The lowest BCUT2D eigenvalue weighted by molar-refractivity contribution is -0.922. The second-order valence-corrected chi connectivity index (χ2v) is 3.50. The molecule has 0 aliphatic carbocycles. The van der Waals surface area contributed by atoms with Crippen LogP contribution in [0.4, 0.5) is 0 Å². The van der Waals surface area contributed by atoms with Crippen molar-refractivity contribution in [1.82, 2.24) is 5.32 Å². The van der Waals surface area contributed by atoms with Crippen molar-refractivity contribution in [1.29, 1.82) is 0 Å². The number of fused-ring (bicyclic) bond motifs is 1. The minimum Gasteiger partial charge on any atom is -0.345 e. The van der Waals surface area contributed by atoms with Crippen LogP contribution in [0.1, 0.15) is 19.3 Å². The van der Waals surface area contributed by atoms with Crippen LogP contribution in [0.2, 0.25) is 0 Å². The molecule has 2 rings (SSSR count). The van der Waals surface area contributed by atoms with Crippen molar-refractivity contribution in [2.24, 2.45) is 0 Å². The van der Waals surface area contributed by atoms with Crippen LogP contribution in [-0.4, -0.2) is 31.6 Å². The van der Waals surface area contributed by atoms with Gasteiger partial charge in [0.2, 0.25) is 0 Å². The van der Waals surface area contributed by atoms with E-state index in [4.69, 9.17) is 0 Å². The highest BCUT2D eigenvalue weighted by molar-refractivity contribution is 5.80. The summed E-state index contributed by atoms with van der Waals surface area (Å²) in [5.74, 6) is 0.283. The van der Waals surface area contributed by atoms with Crippen molar-refractivity contribution in [2.45, 2.75) is 25.3 Å². The van der Waals surface area contributed by atoms with Gasteiger partial charge in [0.25, 0.3) is 5.91 Å². The number of nitrogens with one attached hydrogen (secondary N) is 2. The fourth-order valence-electron chi connectivity index (χ4n) is 2.16. The molecule has 0 radical (unpaired) electrons. The number of amides is 1. The molecule has 0 bridgehead atoms. The van der Waals surface area contributed by atoms with E-state index in [1.54, 1.807) is 0 Å². The molecular formula is C8H15N2O+. The van der Waals surface area contributed by atoms with Crippen LogP contribution in [0.25, 0.3) is 0 Å². The molecule has 11 heavy (non-hydrogen) atoms. The van der Waals surface area contributed by atoms with Gasteiger partial charge in [0.15, 0.2) is 6.04 Å². The number of piperazine rings is 1. The van der Waals surface area contributed by atoms with E-state index >= 15 is 0 Å². The van der Waals surface area contributed by atoms with Crippen LogP contribution in [0.15, 0.2) is 0 Å². The van der Waals surface area contributed by atoms with Gasteiger partial charge in [0.1, 0.15) is 0 Å². The lowest BCUT2D eigenvalue weighted by atomic mass is 10.00. The van der Waals surface area contributed by atoms with Crippen LogP contribution >= 0.6 is 0 Å². The van der Waals surface area contributed by atoms with E-state index in [0.717, 1.165) is 19.5 Å². The smallest absolute Gasteiger partial charge is 0.278 e. The standard InChI is InChI=1S/C8H14N2O/c11-8-7-3-1-2-5-10(7)6-4-9-8/h7H,1-6H2,(H,9,11)/p+1/t7-/m1/s1. The highest BCUT2D eigenvalue weighted by atomic mass is 16.2. The monoisotopic (exact) mass is 155 g/mol. The number of quaternary nitrogens is 1. The summed E-state index contributed by atoms with van der Waals surface area (Å²) in [4.78, 5) is 12.8. The molecule has 0 aromatic heterocycles. The summed E-state index contributed by atoms with van der Waals surface area (Å²) in [5, 5.41) is 2.92. The molecule has 62 valence electrons. The van der Waals surface area contributed by atoms with Gasteiger partial charge in [-0.05, 0) is 12.8 Å². The molecule has 2 fully saturated rings. The van der Waals surface area contributed by atoms with Gasteiger partial charge in [0, 0.05) is 6.42 Å². The average Bonchev–Trinajstić information content (AvgIpc) is 2.06. The highest BCUT2D eigenvalue weighted by Crippen LogP contribution is 2.04. The minimum atomic E-state index is 0.283. The zero-order valence-electron chi connectivity index (χ0n) is 6.73. The SMILES string of the molecule is O=C1NCC[NH+]2CCCC[C@H]12. The third kappa shape index (κ3) is 1.25. The molecule has 0 aromatic rings. The van der Waals surface area contributed by atoms with Crippen LogP contribution < -0.4 is 10.2 Å². The number of carbonyl (C=O) groups is 1. The van der Waals surface area contributed by atoms with Crippen LogP contribution in [0.3, 0.4) is 0 Å². The largest absolute Gasteiger partial charge is 0.345 e. The van der Waals surface area contributed by atoms with Gasteiger partial charge in [0.05, 0.1) is 19.6 Å². The summed E-state index contributed by atoms with van der Waals surface area (Å²) >= 11 is 0. The zero-order chi connectivity index (χ0) is 7.68. The van der Waals surface area contributed by atoms with Gasteiger partial charge in [-0.3, -0.25) is 4.79 Å². The molecule has 0 aromatic carbocycles. The number of hydrogen-bond donors (Lipinski definition) is 2. The Kier molecular flexibility index (Phi) is 1.82. The first kappa shape index (κ1) is 7.10. The van der Waals surface area contributed by atoms with E-state index < -0.39 is 0 Å². The molecule has 0 spiro atoms. The van der Waals surface area contributed by atoms with E-state index in [1.165, 1.54) is 24.3 Å². The van der Waals surface area contributed by atoms with Crippen molar-refractivity contribution >= 4 is 5.91 Å². The third-order valence-corrected chi connectivity index (χ3v) is 2.80. The Morgan fingerprint density at radius 1 is 1.36 bits per heavy atom. The zero-order valence-corrected chi connectivity index (χ0v) is 6.73. The Hall–Kier alpha value is -0.570. The van der Waals surface area contributed by atoms with Crippen LogP contribution in [0.5, 0.6) is 0 Å². The fourth-order valence-corrected chi connectivity index (χ4v) is 2.16. The molecule has 2 heterocycles. The molecule has 2 aliphatic heterocycles. The Morgan fingerprint density at radius 3 is 3.09 bits per heavy atom. The van der Waals surface area contributed by atoms with Crippen LogP contribution in [0, 0.1) is 0 Å². The van der Waals surface area contributed by atoms with E-state index in [-0.39, 0.29) is 11.9 Å². The maximum Gasteiger partial charge on any atom is 0.278 e. The maximum absolute atomic E-state index is 11.3. The Bertz CT molecular complexity index is 167. The molecule has 2 aliphatic rings. The fraction of sp³-hybridized carbons (Fsp3) is 0.875. The summed E-state index contributed by atoms with van der Waals surface area (Å²) in [5.41, 5.74) is 0.